The van der Waals surface area contributed by atoms with Crippen molar-refractivity contribution in [3.05, 3.63) is 46.6 Å². The van der Waals surface area contributed by atoms with Gasteiger partial charge < -0.3 is 15.0 Å². The van der Waals surface area contributed by atoms with Crippen molar-refractivity contribution in [3.8, 4) is 5.75 Å². The number of rotatable bonds is 6. The van der Waals surface area contributed by atoms with Gasteiger partial charge in [-0.25, -0.2) is 14.8 Å². The zero-order chi connectivity index (χ0) is 26.6. The summed E-state index contributed by atoms with van der Waals surface area (Å²) < 4.78 is 6.98. The normalized spacial score (nSPS) is 19.4. The van der Waals surface area contributed by atoms with Gasteiger partial charge >= 0.3 is 6.03 Å². The molecule has 196 valence electrons. The number of pyridine rings is 1. The molecule has 1 unspecified atom stereocenters. The number of ether oxygens (including phenoxy) is 1. The van der Waals surface area contributed by atoms with Gasteiger partial charge in [0.2, 0.25) is 11.8 Å². The summed E-state index contributed by atoms with van der Waals surface area (Å²) in [4.78, 5) is 60.2. The van der Waals surface area contributed by atoms with Crippen LogP contribution in [0.1, 0.15) is 60.6 Å². The van der Waals surface area contributed by atoms with Crippen LogP contribution in [-0.4, -0.2) is 50.8 Å². The van der Waals surface area contributed by atoms with E-state index in [0.29, 0.717) is 11.3 Å². The van der Waals surface area contributed by atoms with Crippen LogP contribution in [0.5, 0.6) is 5.75 Å². The average molecular weight is 535 g/mol. The van der Waals surface area contributed by atoms with Gasteiger partial charge in [0.05, 0.1) is 34.1 Å². The lowest BCUT2D eigenvalue weighted by Crippen LogP contribution is -2.52. The highest BCUT2D eigenvalue weighted by atomic mass is 32.1. The maximum Gasteiger partial charge on any atom is 0.321 e. The van der Waals surface area contributed by atoms with Gasteiger partial charge in [-0.1, -0.05) is 6.07 Å². The number of anilines is 1. The van der Waals surface area contributed by atoms with Crippen molar-refractivity contribution >= 4 is 51.1 Å². The quantitative estimate of drug-likeness (QED) is 0.413. The molecule has 1 aromatic carbocycles. The molecule has 12 heteroatoms. The van der Waals surface area contributed by atoms with Crippen molar-refractivity contribution in [1.29, 1.82) is 0 Å². The summed E-state index contributed by atoms with van der Waals surface area (Å²) >= 11 is 1.50. The first-order chi connectivity index (χ1) is 18.2. The first-order valence-electron chi connectivity index (χ1n) is 12.5. The van der Waals surface area contributed by atoms with Crippen LogP contribution in [0.2, 0.25) is 0 Å². The number of thiazole rings is 1. The third-order valence-electron chi connectivity index (χ3n) is 6.77. The fourth-order valence-corrected chi connectivity index (χ4v) is 5.68. The molecule has 0 spiro atoms. The van der Waals surface area contributed by atoms with Crippen LogP contribution >= 0.6 is 11.3 Å². The number of urea groups is 1. The summed E-state index contributed by atoms with van der Waals surface area (Å²) in [6.45, 7) is 3.87. The number of aromatic nitrogens is 2. The Bertz CT molecular complexity index is 1500. The molecule has 3 aliphatic rings. The van der Waals surface area contributed by atoms with E-state index >= 15 is 0 Å². The van der Waals surface area contributed by atoms with E-state index in [1.54, 1.807) is 12.1 Å². The minimum atomic E-state index is -0.778. The molecule has 38 heavy (non-hydrogen) atoms. The third kappa shape index (κ3) is 4.55. The number of nitrogens with zero attached hydrogens (tertiary/aromatic N) is 3. The van der Waals surface area contributed by atoms with Crippen LogP contribution in [0.15, 0.2) is 30.3 Å². The topological polar surface area (TPSA) is 143 Å². The molecule has 3 aromatic rings. The smallest absolute Gasteiger partial charge is 0.321 e. The number of para-hydroxylation sites is 1. The first kappa shape index (κ1) is 24.3. The summed E-state index contributed by atoms with van der Waals surface area (Å²) in [5, 5.41) is 8.71. The number of imide groups is 1. The van der Waals surface area contributed by atoms with Crippen LogP contribution in [-0.2, 0) is 21.7 Å². The Hall–Kier alpha value is -4.06. The summed E-state index contributed by atoms with van der Waals surface area (Å²) in [6, 6.07) is 7.80. The molecule has 2 fully saturated rings. The van der Waals surface area contributed by atoms with Gasteiger partial charge in [0.1, 0.15) is 28.1 Å². The molecule has 2 aromatic heterocycles. The molecule has 0 bridgehead atoms. The average Bonchev–Trinajstić information content (AvgIpc) is 3.45. The van der Waals surface area contributed by atoms with Gasteiger partial charge in [-0.15, -0.1) is 11.3 Å². The number of piperidine rings is 1. The predicted molar refractivity (Wildman–Crippen MR) is 139 cm³/mol. The molecule has 3 N–H and O–H groups in total. The number of carbonyl (C=O) groups is 4. The number of amides is 5. The fourth-order valence-electron chi connectivity index (χ4n) is 4.64. The fraction of sp³-hybridized carbons (Fsp3) is 0.385. The van der Waals surface area contributed by atoms with Gasteiger partial charge in [0, 0.05) is 6.42 Å². The standard InChI is InChI=1S/C26H26N6O5S/c1-26(2,24-30-21-17(37-13-6-7-13)4-3-5-18(21)38-24)31-25(36)28-19-10-8-14-15(27-19)12-32(23(14)35)16-9-11-20(33)29-22(16)34/h3-5,8,10,13,16H,6-7,9,11-12H2,1-2H3,(H,29,33,34)(H2,27,28,31,36). The van der Waals surface area contributed by atoms with Gasteiger partial charge in [0.15, 0.2) is 0 Å². The monoisotopic (exact) mass is 534 g/mol. The molecule has 1 saturated carbocycles. The maximum absolute atomic E-state index is 12.9. The summed E-state index contributed by atoms with van der Waals surface area (Å²) in [5.74, 6) is -0.106. The molecule has 11 nitrogen and oxygen atoms in total. The Kier molecular flexibility index (Phi) is 5.78. The van der Waals surface area contributed by atoms with E-state index in [1.807, 2.05) is 32.0 Å². The van der Waals surface area contributed by atoms with Crippen molar-refractivity contribution in [2.45, 2.75) is 63.8 Å². The molecule has 5 amide bonds. The second-order valence-corrected chi connectivity index (χ2v) is 11.3. The SMILES string of the molecule is CC(C)(NC(=O)Nc1ccc2c(n1)CN(C1CCC(=O)NC1=O)C2=O)c1nc2c(OC3CC3)cccc2s1. The number of hydrogen-bond donors (Lipinski definition) is 3. The molecule has 6 rings (SSSR count). The van der Waals surface area contributed by atoms with Gasteiger partial charge in [-0.3, -0.25) is 25.0 Å². The van der Waals surface area contributed by atoms with E-state index < -0.39 is 23.5 Å². The van der Waals surface area contributed by atoms with Crippen LogP contribution in [0.25, 0.3) is 10.2 Å². The minimum absolute atomic E-state index is 0.125. The Morgan fingerprint density at radius 1 is 1.13 bits per heavy atom. The Labute approximate surface area is 222 Å². The van der Waals surface area contributed by atoms with Gasteiger partial charge in [0.25, 0.3) is 5.91 Å². The van der Waals surface area contributed by atoms with E-state index in [-0.39, 0.29) is 43.1 Å². The van der Waals surface area contributed by atoms with E-state index in [4.69, 9.17) is 9.72 Å². The third-order valence-corrected chi connectivity index (χ3v) is 8.12. The molecule has 1 atom stereocenters. The van der Waals surface area contributed by atoms with E-state index in [0.717, 1.165) is 33.8 Å². The second-order valence-electron chi connectivity index (χ2n) is 10.2. The van der Waals surface area contributed by atoms with Gasteiger partial charge in [-0.2, -0.15) is 0 Å². The molecular formula is C26H26N6O5S. The van der Waals surface area contributed by atoms with Crippen LogP contribution in [0.3, 0.4) is 0 Å². The second kappa shape index (κ2) is 9.05. The minimum Gasteiger partial charge on any atom is -0.488 e. The molecule has 2 aliphatic heterocycles. The van der Waals surface area contributed by atoms with E-state index in [9.17, 15) is 19.2 Å². The Morgan fingerprint density at radius 3 is 2.71 bits per heavy atom. The zero-order valence-electron chi connectivity index (χ0n) is 20.9. The Balaban J connectivity index is 1.14. The summed E-state index contributed by atoms with van der Waals surface area (Å²) in [6.07, 6.45) is 2.82. The van der Waals surface area contributed by atoms with Crippen LogP contribution in [0.4, 0.5) is 10.6 Å². The molecule has 1 aliphatic carbocycles. The maximum atomic E-state index is 12.9. The van der Waals surface area contributed by atoms with Crippen LogP contribution in [0, 0.1) is 0 Å². The van der Waals surface area contributed by atoms with E-state index in [2.05, 4.69) is 20.9 Å². The number of carbonyl (C=O) groups excluding carboxylic acids is 4. The zero-order valence-corrected chi connectivity index (χ0v) is 21.7. The number of nitrogens with one attached hydrogen (secondary N) is 3. The van der Waals surface area contributed by atoms with Crippen molar-refractivity contribution in [2.24, 2.45) is 0 Å². The summed E-state index contributed by atoms with van der Waals surface area (Å²) in [5.41, 5.74) is 0.853. The molecular weight excluding hydrogens is 508 g/mol. The molecule has 0 radical (unpaired) electrons. The highest BCUT2D eigenvalue weighted by Crippen LogP contribution is 2.37. The Morgan fingerprint density at radius 2 is 1.95 bits per heavy atom. The molecule has 4 heterocycles. The largest absolute Gasteiger partial charge is 0.488 e. The van der Waals surface area contributed by atoms with Crippen molar-refractivity contribution in [3.63, 3.8) is 0 Å². The summed E-state index contributed by atoms with van der Waals surface area (Å²) in [7, 11) is 0. The number of fused-ring (bicyclic) bond motifs is 2. The van der Waals surface area contributed by atoms with Crippen LogP contribution < -0.4 is 20.7 Å². The number of hydrogen-bond acceptors (Lipinski definition) is 8. The van der Waals surface area contributed by atoms with Crippen molar-refractivity contribution < 1.29 is 23.9 Å². The lowest BCUT2D eigenvalue weighted by molar-refractivity contribution is -0.136. The highest BCUT2D eigenvalue weighted by molar-refractivity contribution is 7.18. The lowest BCUT2D eigenvalue weighted by Gasteiger charge is -2.29. The molecule has 1 saturated heterocycles. The predicted octanol–water partition coefficient (Wildman–Crippen LogP) is 3.05. The van der Waals surface area contributed by atoms with Crippen molar-refractivity contribution in [2.75, 3.05) is 5.32 Å². The number of benzene rings is 1. The highest BCUT2D eigenvalue weighted by Gasteiger charge is 2.40. The lowest BCUT2D eigenvalue weighted by atomic mass is 10.0. The first-order valence-corrected chi connectivity index (χ1v) is 13.3. The van der Waals surface area contributed by atoms with E-state index in [1.165, 1.54) is 16.2 Å². The van der Waals surface area contributed by atoms with Gasteiger partial charge in [-0.05, 0) is 57.4 Å². The van der Waals surface area contributed by atoms with Crippen molar-refractivity contribution in [1.82, 2.24) is 25.5 Å².